The van der Waals surface area contributed by atoms with Gasteiger partial charge in [0.05, 0.1) is 19.2 Å². The molecule has 0 radical (unpaired) electrons. The van der Waals surface area contributed by atoms with Gasteiger partial charge in [-0.05, 0) is 60.7 Å². The molecule has 6 nitrogen and oxygen atoms in total. The van der Waals surface area contributed by atoms with Gasteiger partial charge < -0.3 is 15.0 Å². The van der Waals surface area contributed by atoms with Crippen molar-refractivity contribution in [2.45, 2.75) is 12.5 Å². The Morgan fingerprint density at radius 2 is 1.90 bits per heavy atom. The predicted molar refractivity (Wildman–Crippen MR) is 118 cm³/mol. The summed E-state index contributed by atoms with van der Waals surface area (Å²) >= 11 is 11.4. The van der Waals surface area contributed by atoms with Crippen molar-refractivity contribution < 1.29 is 14.3 Å². The lowest BCUT2D eigenvalue weighted by atomic mass is 10.1. The third kappa shape index (κ3) is 4.58. The average molecular weight is 430 g/mol. The summed E-state index contributed by atoms with van der Waals surface area (Å²) in [6.07, 6.45) is 1.61. The molecule has 0 unspecified atom stereocenters. The van der Waals surface area contributed by atoms with E-state index in [1.807, 2.05) is 0 Å². The third-order valence-corrected chi connectivity index (χ3v) is 5.15. The van der Waals surface area contributed by atoms with Gasteiger partial charge in [0.25, 0.3) is 5.91 Å². The zero-order valence-electron chi connectivity index (χ0n) is 15.8. The molecule has 2 aromatic rings. The fraction of sp³-hybridized carbons (Fsp3) is 0.190. The zero-order chi connectivity index (χ0) is 21.0. The lowest BCUT2D eigenvalue weighted by molar-refractivity contribution is -0.124. The van der Waals surface area contributed by atoms with Crippen molar-refractivity contribution in [1.29, 1.82) is 0 Å². The van der Waals surface area contributed by atoms with Gasteiger partial charge in [-0.15, -0.1) is 6.58 Å². The molecule has 2 amide bonds. The van der Waals surface area contributed by atoms with Crippen LogP contribution in [-0.4, -0.2) is 41.5 Å². The van der Waals surface area contributed by atoms with E-state index in [-0.39, 0.29) is 18.2 Å². The maximum Gasteiger partial charge on any atom is 0.256 e. The van der Waals surface area contributed by atoms with Crippen LogP contribution in [0.1, 0.15) is 6.42 Å². The molecule has 1 aliphatic heterocycles. The minimum Gasteiger partial charge on any atom is -0.497 e. The first-order valence-electron chi connectivity index (χ1n) is 8.89. The smallest absolute Gasteiger partial charge is 0.256 e. The molecule has 1 fully saturated rings. The third-order valence-electron chi connectivity index (χ3n) is 4.48. The number of rotatable bonds is 7. The lowest BCUT2D eigenvalue weighted by Crippen LogP contribution is -2.37. The number of nitrogens with one attached hydrogen (secondary N) is 1. The van der Waals surface area contributed by atoms with Crippen LogP contribution in [0.5, 0.6) is 5.75 Å². The number of hydrogen-bond acceptors (Lipinski definition) is 4. The van der Waals surface area contributed by atoms with Gasteiger partial charge in [-0.2, -0.15) is 0 Å². The van der Waals surface area contributed by atoms with Crippen LogP contribution in [0.2, 0.25) is 5.02 Å². The van der Waals surface area contributed by atoms with Crippen LogP contribution < -0.4 is 15.0 Å². The molecule has 0 spiro atoms. The SMILES string of the molecule is C=CCN1C(=S)N(c2ccc(OC)cc2)C(=O)[C@H]1CC(=O)Nc1ccc(Cl)cc1. The number of amides is 2. The number of ether oxygens (including phenoxy) is 1. The summed E-state index contributed by atoms with van der Waals surface area (Å²) in [5, 5.41) is 3.70. The minimum absolute atomic E-state index is 0.0396. The van der Waals surface area contributed by atoms with Crippen LogP contribution in [0, 0.1) is 0 Å². The van der Waals surface area contributed by atoms with E-state index in [1.54, 1.807) is 66.6 Å². The molecule has 150 valence electrons. The Morgan fingerprint density at radius 3 is 2.48 bits per heavy atom. The van der Waals surface area contributed by atoms with Gasteiger partial charge in [-0.3, -0.25) is 14.5 Å². The Kier molecular flexibility index (Phi) is 6.51. The van der Waals surface area contributed by atoms with Crippen molar-refractivity contribution in [2.24, 2.45) is 0 Å². The molecule has 0 bridgehead atoms. The quantitative estimate of drug-likeness (QED) is 0.534. The van der Waals surface area contributed by atoms with E-state index < -0.39 is 6.04 Å². The van der Waals surface area contributed by atoms with Crippen LogP contribution in [0.25, 0.3) is 0 Å². The van der Waals surface area contributed by atoms with E-state index in [0.717, 1.165) is 0 Å². The monoisotopic (exact) mass is 429 g/mol. The molecular formula is C21H20ClN3O3S. The van der Waals surface area contributed by atoms with Crippen molar-refractivity contribution in [2.75, 3.05) is 23.9 Å². The molecule has 0 aliphatic carbocycles. The Labute approximate surface area is 179 Å². The van der Waals surface area contributed by atoms with Crippen molar-refractivity contribution in [1.82, 2.24) is 4.90 Å². The highest BCUT2D eigenvalue weighted by Crippen LogP contribution is 2.28. The zero-order valence-corrected chi connectivity index (χ0v) is 17.4. The first-order valence-corrected chi connectivity index (χ1v) is 9.68. The largest absolute Gasteiger partial charge is 0.497 e. The molecule has 0 saturated carbocycles. The van der Waals surface area contributed by atoms with E-state index in [0.29, 0.717) is 33.8 Å². The van der Waals surface area contributed by atoms with Crippen LogP contribution in [-0.2, 0) is 9.59 Å². The standard InChI is InChI=1S/C21H20ClN3O3S/c1-3-12-24-18(13-19(26)23-15-6-4-14(22)5-7-15)20(27)25(21(24)29)16-8-10-17(28-2)11-9-16/h3-11,18H,1,12-13H2,2H3,(H,23,26)/t18-/m1/s1. The average Bonchev–Trinajstić information content (AvgIpc) is 2.94. The summed E-state index contributed by atoms with van der Waals surface area (Å²) in [4.78, 5) is 28.8. The van der Waals surface area contributed by atoms with Crippen molar-refractivity contribution in [3.05, 3.63) is 66.2 Å². The van der Waals surface area contributed by atoms with E-state index >= 15 is 0 Å². The normalized spacial score (nSPS) is 16.1. The molecule has 0 aromatic heterocycles. The van der Waals surface area contributed by atoms with Gasteiger partial charge in [0.1, 0.15) is 11.8 Å². The number of anilines is 2. The first-order chi connectivity index (χ1) is 13.9. The highest BCUT2D eigenvalue weighted by molar-refractivity contribution is 7.80. The fourth-order valence-corrected chi connectivity index (χ4v) is 3.59. The topological polar surface area (TPSA) is 61.9 Å². The molecule has 3 rings (SSSR count). The summed E-state index contributed by atoms with van der Waals surface area (Å²) in [6, 6.07) is 13.1. The van der Waals surface area contributed by atoms with Gasteiger partial charge in [0, 0.05) is 17.3 Å². The second-order valence-electron chi connectivity index (χ2n) is 6.37. The summed E-state index contributed by atoms with van der Waals surface area (Å²) in [6.45, 7) is 4.09. The molecule has 1 atom stereocenters. The molecule has 1 saturated heterocycles. The highest BCUT2D eigenvalue weighted by Gasteiger charge is 2.43. The van der Waals surface area contributed by atoms with E-state index in [4.69, 9.17) is 28.6 Å². The van der Waals surface area contributed by atoms with E-state index in [9.17, 15) is 9.59 Å². The van der Waals surface area contributed by atoms with Gasteiger partial charge in [-0.1, -0.05) is 17.7 Å². The highest BCUT2D eigenvalue weighted by atomic mass is 35.5. The summed E-state index contributed by atoms with van der Waals surface area (Å²) < 4.78 is 5.16. The molecule has 1 aliphatic rings. The summed E-state index contributed by atoms with van der Waals surface area (Å²) in [7, 11) is 1.57. The minimum atomic E-state index is -0.713. The van der Waals surface area contributed by atoms with Crippen LogP contribution >= 0.6 is 23.8 Å². The molecule has 2 aromatic carbocycles. The van der Waals surface area contributed by atoms with Crippen LogP contribution in [0.15, 0.2) is 61.2 Å². The van der Waals surface area contributed by atoms with Crippen molar-refractivity contribution in [3.8, 4) is 5.75 Å². The number of benzene rings is 2. The first kappa shape index (κ1) is 20.8. The van der Waals surface area contributed by atoms with E-state index in [1.165, 1.54) is 4.90 Å². The molecular weight excluding hydrogens is 410 g/mol. The number of carbonyl (C=O) groups is 2. The van der Waals surface area contributed by atoms with Crippen LogP contribution in [0.4, 0.5) is 11.4 Å². The number of thiocarbonyl (C=S) groups is 1. The van der Waals surface area contributed by atoms with Crippen LogP contribution in [0.3, 0.4) is 0 Å². The Balaban J connectivity index is 1.79. The van der Waals surface area contributed by atoms with Gasteiger partial charge >= 0.3 is 0 Å². The number of carbonyl (C=O) groups excluding carboxylic acids is 2. The van der Waals surface area contributed by atoms with Gasteiger partial charge in [-0.25, -0.2) is 0 Å². The Morgan fingerprint density at radius 1 is 1.24 bits per heavy atom. The number of halogens is 1. The Hall–Kier alpha value is -2.90. The number of hydrogen-bond donors (Lipinski definition) is 1. The summed E-state index contributed by atoms with van der Waals surface area (Å²) in [5.74, 6) is 0.126. The Bertz CT molecular complexity index is 931. The second kappa shape index (κ2) is 9.07. The number of nitrogens with zero attached hydrogens (tertiary/aromatic N) is 2. The van der Waals surface area contributed by atoms with E-state index in [2.05, 4.69) is 11.9 Å². The molecule has 8 heteroatoms. The number of methoxy groups -OCH3 is 1. The van der Waals surface area contributed by atoms with Crippen molar-refractivity contribution >= 4 is 52.1 Å². The lowest BCUT2D eigenvalue weighted by Gasteiger charge is -2.22. The van der Waals surface area contributed by atoms with Crippen molar-refractivity contribution in [3.63, 3.8) is 0 Å². The van der Waals surface area contributed by atoms with Gasteiger partial charge in [0.15, 0.2) is 5.11 Å². The maximum absolute atomic E-state index is 13.1. The maximum atomic E-state index is 13.1. The fourth-order valence-electron chi connectivity index (χ4n) is 3.07. The second-order valence-corrected chi connectivity index (χ2v) is 7.17. The molecule has 1 heterocycles. The molecule has 1 N–H and O–H groups in total. The summed E-state index contributed by atoms with van der Waals surface area (Å²) in [5.41, 5.74) is 1.23. The molecule has 29 heavy (non-hydrogen) atoms. The van der Waals surface area contributed by atoms with Gasteiger partial charge in [0.2, 0.25) is 5.91 Å². The predicted octanol–water partition coefficient (Wildman–Crippen LogP) is 3.87.